The number of nitrogens with one attached hydrogen (secondary N) is 1. The van der Waals surface area contributed by atoms with Crippen molar-refractivity contribution in [3.05, 3.63) is 28.5 Å². The molecule has 0 aliphatic rings. The molecule has 0 radical (unpaired) electrons. The van der Waals surface area contributed by atoms with Crippen molar-refractivity contribution in [3.8, 4) is 0 Å². The Morgan fingerprint density at radius 2 is 1.95 bits per heavy atom. The molecule has 1 aromatic heterocycles. The molecular formula is C13H17ClN2O3. The minimum atomic E-state index is -1.07. The summed E-state index contributed by atoms with van der Waals surface area (Å²) in [7, 11) is 0. The van der Waals surface area contributed by atoms with Gasteiger partial charge >= 0.3 is 5.97 Å². The van der Waals surface area contributed by atoms with Crippen molar-refractivity contribution in [3.63, 3.8) is 0 Å². The molecule has 0 aromatic carbocycles. The molecule has 19 heavy (non-hydrogen) atoms. The van der Waals surface area contributed by atoms with Gasteiger partial charge in [-0.15, -0.1) is 0 Å². The maximum atomic E-state index is 12.0. The van der Waals surface area contributed by atoms with Crippen molar-refractivity contribution in [2.45, 2.75) is 33.7 Å². The van der Waals surface area contributed by atoms with Crippen LogP contribution in [0.5, 0.6) is 0 Å². The fraction of sp³-hybridized carbons (Fsp3) is 0.462. The van der Waals surface area contributed by atoms with Gasteiger partial charge in [0.2, 0.25) is 0 Å². The SMILES string of the molecule is Cc1cc(C(=O)NC(C(=O)O)C(C)(C)C)cc(Cl)n1. The van der Waals surface area contributed by atoms with Gasteiger partial charge in [0.25, 0.3) is 5.91 Å². The Kier molecular flexibility index (Phi) is 4.52. The fourth-order valence-electron chi connectivity index (χ4n) is 1.62. The molecule has 104 valence electrons. The van der Waals surface area contributed by atoms with Gasteiger partial charge in [0.15, 0.2) is 0 Å². The highest BCUT2D eigenvalue weighted by atomic mass is 35.5. The molecule has 1 amide bonds. The second kappa shape index (κ2) is 5.57. The number of aliphatic carboxylic acids is 1. The maximum absolute atomic E-state index is 12.0. The van der Waals surface area contributed by atoms with E-state index >= 15 is 0 Å². The van der Waals surface area contributed by atoms with Gasteiger partial charge in [-0.1, -0.05) is 32.4 Å². The molecule has 0 saturated heterocycles. The van der Waals surface area contributed by atoms with Gasteiger partial charge in [0.05, 0.1) is 0 Å². The summed E-state index contributed by atoms with van der Waals surface area (Å²) in [4.78, 5) is 27.2. The zero-order chi connectivity index (χ0) is 14.8. The van der Waals surface area contributed by atoms with Gasteiger partial charge in [-0.05, 0) is 24.5 Å². The Labute approximate surface area is 117 Å². The van der Waals surface area contributed by atoms with Crippen molar-refractivity contribution < 1.29 is 14.7 Å². The lowest BCUT2D eigenvalue weighted by Crippen LogP contribution is -2.49. The lowest BCUT2D eigenvalue weighted by atomic mass is 9.86. The number of carboxylic acids is 1. The number of carboxylic acid groups (broad SMARTS) is 1. The van der Waals surface area contributed by atoms with Crippen LogP contribution in [-0.4, -0.2) is 28.0 Å². The Morgan fingerprint density at radius 1 is 1.37 bits per heavy atom. The quantitative estimate of drug-likeness (QED) is 0.835. The Morgan fingerprint density at radius 3 is 2.37 bits per heavy atom. The smallest absolute Gasteiger partial charge is 0.326 e. The third kappa shape index (κ3) is 4.21. The van der Waals surface area contributed by atoms with Gasteiger partial charge in [0, 0.05) is 11.3 Å². The number of aryl methyl sites for hydroxylation is 1. The molecular weight excluding hydrogens is 268 g/mol. The molecule has 2 N–H and O–H groups in total. The van der Waals surface area contributed by atoms with E-state index in [1.807, 2.05) is 0 Å². The molecule has 1 unspecified atom stereocenters. The van der Waals surface area contributed by atoms with E-state index in [4.69, 9.17) is 16.7 Å². The van der Waals surface area contributed by atoms with Crippen LogP contribution >= 0.6 is 11.6 Å². The number of carbonyl (C=O) groups is 2. The molecule has 0 fully saturated rings. The molecule has 0 saturated carbocycles. The Bertz CT molecular complexity index is 489. The van der Waals surface area contributed by atoms with Crippen LogP contribution in [0.1, 0.15) is 36.8 Å². The van der Waals surface area contributed by atoms with Crippen molar-refractivity contribution >= 4 is 23.5 Å². The van der Waals surface area contributed by atoms with Crippen LogP contribution in [0.4, 0.5) is 0 Å². The second-order valence-corrected chi connectivity index (χ2v) is 5.82. The number of halogens is 1. The zero-order valence-electron chi connectivity index (χ0n) is 11.3. The number of pyridine rings is 1. The molecule has 5 nitrogen and oxygen atoms in total. The average Bonchev–Trinajstić information content (AvgIpc) is 2.21. The first kappa shape index (κ1) is 15.4. The van der Waals surface area contributed by atoms with Gasteiger partial charge < -0.3 is 10.4 Å². The van der Waals surface area contributed by atoms with Gasteiger partial charge in [-0.3, -0.25) is 4.79 Å². The van der Waals surface area contributed by atoms with Crippen LogP contribution in [0.3, 0.4) is 0 Å². The van der Waals surface area contributed by atoms with E-state index in [1.54, 1.807) is 33.8 Å². The van der Waals surface area contributed by atoms with E-state index < -0.39 is 23.3 Å². The Hall–Kier alpha value is -1.62. The first-order valence-electron chi connectivity index (χ1n) is 5.79. The minimum Gasteiger partial charge on any atom is -0.480 e. The van der Waals surface area contributed by atoms with E-state index in [0.29, 0.717) is 11.3 Å². The number of hydrogen-bond acceptors (Lipinski definition) is 3. The van der Waals surface area contributed by atoms with Crippen LogP contribution < -0.4 is 5.32 Å². The summed E-state index contributed by atoms with van der Waals surface area (Å²) in [5.74, 6) is -1.55. The van der Waals surface area contributed by atoms with Gasteiger partial charge in [0.1, 0.15) is 11.2 Å². The molecule has 1 aromatic rings. The molecule has 1 atom stereocenters. The van der Waals surface area contributed by atoms with E-state index in [1.165, 1.54) is 6.07 Å². The molecule has 1 heterocycles. The summed E-state index contributed by atoms with van der Waals surface area (Å²) < 4.78 is 0. The predicted octanol–water partition coefficient (Wildman–Crippen LogP) is 2.27. The standard InChI is InChI=1S/C13H17ClN2O3/c1-7-5-8(6-9(14)15-7)11(17)16-10(12(18)19)13(2,3)4/h5-6,10H,1-4H3,(H,16,17)(H,18,19). The molecule has 0 aliphatic heterocycles. The van der Waals surface area contributed by atoms with E-state index in [9.17, 15) is 9.59 Å². The number of nitrogens with zero attached hydrogens (tertiary/aromatic N) is 1. The van der Waals surface area contributed by atoms with Crippen molar-refractivity contribution in [2.75, 3.05) is 0 Å². The van der Waals surface area contributed by atoms with Crippen molar-refractivity contribution in [1.82, 2.24) is 10.3 Å². The third-order valence-electron chi connectivity index (χ3n) is 2.57. The van der Waals surface area contributed by atoms with Crippen LogP contribution in [0.25, 0.3) is 0 Å². The van der Waals surface area contributed by atoms with Crippen molar-refractivity contribution in [1.29, 1.82) is 0 Å². The number of hydrogen-bond donors (Lipinski definition) is 2. The van der Waals surface area contributed by atoms with Gasteiger partial charge in [-0.25, -0.2) is 9.78 Å². The monoisotopic (exact) mass is 284 g/mol. The normalized spacial score (nSPS) is 12.9. The largest absolute Gasteiger partial charge is 0.480 e. The van der Waals surface area contributed by atoms with Crippen LogP contribution in [0, 0.1) is 12.3 Å². The summed E-state index contributed by atoms with van der Waals surface area (Å²) in [6, 6.07) is 1.99. The summed E-state index contributed by atoms with van der Waals surface area (Å²) in [6.07, 6.45) is 0. The predicted molar refractivity (Wildman–Crippen MR) is 72.3 cm³/mol. The lowest BCUT2D eigenvalue weighted by molar-refractivity contribution is -0.142. The summed E-state index contributed by atoms with van der Waals surface area (Å²) in [6.45, 7) is 6.95. The first-order chi connectivity index (χ1) is 8.61. The number of amides is 1. The lowest BCUT2D eigenvalue weighted by Gasteiger charge is -2.27. The highest BCUT2D eigenvalue weighted by molar-refractivity contribution is 6.29. The topological polar surface area (TPSA) is 79.3 Å². The zero-order valence-corrected chi connectivity index (χ0v) is 12.1. The van der Waals surface area contributed by atoms with Gasteiger partial charge in [-0.2, -0.15) is 0 Å². The first-order valence-corrected chi connectivity index (χ1v) is 6.17. The molecule has 0 aliphatic carbocycles. The average molecular weight is 285 g/mol. The van der Waals surface area contributed by atoms with E-state index in [-0.39, 0.29) is 5.15 Å². The molecule has 6 heteroatoms. The summed E-state index contributed by atoms with van der Waals surface area (Å²) >= 11 is 5.78. The number of rotatable bonds is 3. The minimum absolute atomic E-state index is 0.202. The fourth-order valence-corrected chi connectivity index (χ4v) is 1.87. The molecule has 1 rings (SSSR count). The molecule has 0 spiro atoms. The summed E-state index contributed by atoms with van der Waals surface area (Å²) in [5, 5.41) is 11.9. The van der Waals surface area contributed by atoms with Crippen molar-refractivity contribution in [2.24, 2.45) is 5.41 Å². The maximum Gasteiger partial charge on any atom is 0.326 e. The van der Waals surface area contributed by atoms with E-state index in [0.717, 1.165) is 0 Å². The highest BCUT2D eigenvalue weighted by Crippen LogP contribution is 2.20. The highest BCUT2D eigenvalue weighted by Gasteiger charge is 2.32. The Balaban J connectivity index is 2.97. The summed E-state index contributed by atoms with van der Waals surface area (Å²) in [5.41, 5.74) is 0.307. The number of carbonyl (C=O) groups excluding carboxylic acids is 1. The third-order valence-corrected chi connectivity index (χ3v) is 2.77. The van der Waals surface area contributed by atoms with Crippen LogP contribution in [-0.2, 0) is 4.79 Å². The second-order valence-electron chi connectivity index (χ2n) is 5.43. The number of aromatic nitrogens is 1. The van der Waals surface area contributed by atoms with Crippen LogP contribution in [0.2, 0.25) is 5.15 Å². The molecule has 0 bridgehead atoms. The van der Waals surface area contributed by atoms with Crippen LogP contribution in [0.15, 0.2) is 12.1 Å². The van der Waals surface area contributed by atoms with E-state index in [2.05, 4.69) is 10.3 Å².